The van der Waals surface area contributed by atoms with Crippen LogP contribution < -0.4 is 10.6 Å². The summed E-state index contributed by atoms with van der Waals surface area (Å²) in [6, 6.07) is 8.67. The lowest BCUT2D eigenvalue weighted by Crippen LogP contribution is -2.52. The third kappa shape index (κ3) is 5.41. The van der Waals surface area contributed by atoms with Crippen LogP contribution in [0.25, 0.3) is 0 Å². The van der Waals surface area contributed by atoms with Gasteiger partial charge in [-0.2, -0.15) is 0 Å². The molecule has 2 aliphatic rings. The number of aryl methyl sites for hydroxylation is 1. The van der Waals surface area contributed by atoms with Gasteiger partial charge in [0.05, 0.1) is 24.9 Å². The quantitative estimate of drug-likeness (QED) is 0.535. The number of benzene rings is 1. The standard InChI is InChI=1S/C22H31N5O4/c28-15-19-18(24-21(29)23-16-6-2-1-3-7-16)9-8-17(31-19)10-13-27-14-20(25-26-27)22(30)11-4-5-12-22/h1-3,6-7,14,17-19,28,30H,4-5,8-13,15H2,(H2,23,24,29)/t17-,18-,19+/m1/s1. The normalized spacial score (nSPS) is 25.3. The van der Waals surface area contributed by atoms with Crippen LogP contribution in [0, 0.1) is 0 Å². The molecule has 0 bridgehead atoms. The highest BCUT2D eigenvalue weighted by atomic mass is 16.5. The summed E-state index contributed by atoms with van der Waals surface area (Å²) in [7, 11) is 0. The average Bonchev–Trinajstić information content (AvgIpc) is 3.44. The summed E-state index contributed by atoms with van der Waals surface area (Å²) in [6.07, 6.45) is 7.07. The maximum atomic E-state index is 12.3. The molecule has 1 saturated carbocycles. The molecule has 1 aromatic carbocycles. The summed E-state index contributed by atoms with van der Waals surface area (Å²) in [5.41, 5.74) is 0.530. The van der Waals surface area contributed by atoms with E-state index in [1.54, 1.807) is 4.68 Å². The number of aliphatic hydroxyl groups is 2. The molecule has 2 heterocycles. The largest absolute Gasteiger partial charge is 0.394 e. The minimum Gasteiger partial charge on any atom is -0.394 e. The number of aromatic nitrogens is 3. The molecule has 1 aliphatic heterocycles. The molecule has 1 saturated heterocycles. The Labute approximate surface area is 181 Å². The fourth-order valence-electron chi connectivity index (χ4n) is 4.48. The van der Waals surface area contributed by atoms with Crippen molar-refractivity contribution in [1.82, 2.24) is 20.3 Å². The second-order valence-corrected chi connectivity index (χ2v) is 8.52. The summed E-state index contributed by atoms with van der Waals surface area (Å²) >= 11 is 0. The molecule has 3 atom stereocenters. The fraction of sp³-hybridized carbons (Fsp3) is 0.591. The number of nitrogens with one attached hydrogen (secondary N) is 2. The number of rotatable bonds is 7. The first-order chi connectivity index (χ1) is 15.1. The van der Waals surface area contributed by atoms with Gasteiger partial charge in [-0.05, 0) is 44.2 Å². The number of ether oxygens (including phenoxy) is 1. The van der Waals surface area contributed by atoms with E-state index in [0.717, 1.165) is 44.9 Å². The fourth-order valence-corrected chi connectivity index (χ4v) is 4.48. The van der Waals surface area contributed by atoms with Crippen molar-refractivity contribution in [3.8, 4) is 0 Å². The van der Waals surface area contributed by atoms with Gasteiger partial charge in [0.1, 0.15) is 17.4 Å². The number of hydrogen-bond acceptors (Lipinski definition) is 6. The summed E-state index contributed by atoms with van der Waals surface area (Å²) in [5, 5.41) is 34.5. The molecule has 2 amide bonds. The van der Waals surface area contributed by atoms with Crippen molar-refractivity contribution < 1.29 is 19.7 Å². The summed E-state index contributed by atoms with van der Waals surface area (Å²) in [4.78, 5) is 12.3. The molecule has 9 heteroatoms. The van der Waals surface area contributed by atoms with Crippen molar-refractivity contribution in [2.24, 2.45) is 0 Å². The predicted octanol–water partition coefficient (Wildman–Crippen LogP) is 2.16. The van der Waals surface area contributed by atoms with Crippen LogP contribution >= 0.6 is 0 Å². The second-order valence-electron chi connectivity index (χ2n) is 8.52. The van der Waals surface area contributed by atoms with E-state index in [-0.39, 0.29) is 24.8 Å². The van der Waals surface area contributed by atoms with Crippen LogP contribution in [0.1, 0.15) is 50.6 Å². The number of amides is 2. The Hall–Kier alpha value is -2.49. The molecule has 0 spiro atoms. The van der Waals surface area contributed by atoms with E-state index in [2.05, 4.69) is 20.9 Å². The maximum Gasteiger partial charge on any atom is 0.319 e. The van der Waals surface area contributed by atoms with E-state index in [1.807, 2.05) is 36.5 Å². The van der Waals surface area contributed by atoms with Gasteiger partial charge in [-0.25, -0.2) is 4.79 Å². The molecule has 4 rings (SSSR count). The molecule has 9 nitrogen and oxygen atoms in total. The maximum absolute atomic E-state index is 12.3. The van der Waals surface area contributed by atoms with E-state index in [0.29, 0.717) is 17.9 Å². The Morgan fingerprint density at radius 1 is 1.23 bits per heavy atom. The van der Waals surface area contributed by atoms with Crippen molar-refractivity contribution in [2.75, 3.05) is 11.9 Å². The molecule has 0 unspecified atom stereocenters. The summed E-state index contributed by atoms with van der Waals surface area (Å²) in [6.45, 7) is 0.464. The van der Waals surface area contributed by atoms with E-state index >= 15 is 0 Å². The minimum atomic E-state index is -0.833. The first kappa shape index (κ1) is 21.7. The lowest BCUT2D eigenvalue weighted by Gasteiger charge is -2.36. The highest BCUT2D eigenvalue weighted by Crippen LogP contribution is 2.37. The highest BCUT2D eigenvalue weighted by Gasteiger charge is 2.36. The molecule has 31 heavy (non-hydrogen) atoms. The third-order valence-corrected chi connectivity index (χ3v) is 6.27. The summed E-state index contributed by atoms with van der Waals surface area (Å²) < 4.78 is 7.79. The molecule has 168 valence electrons. The Morgan fingerprint density at radius 3 is 2.74 bits per heavy atom. The van der Waals surface area contributed by atoms with Gasteiger partial charge in [0.25, 0.3) is 0 Å². The molecule has 2 fully saturated rings. The zero-order chi connectivity index (χ0) is 21.7. The number of carbonyl (C=O) groups is 1. The van der Waals surface area contributed by atoms with Crippen LogP contribution in [0.3, 0.4) is 0 Å². The monoisotopic (exact) mass is 429 g/mol. The van der Waals surface area contributed by atoms with Gasteiger partial charge >= 0.3 is 6.03 Å². The Kier molecular flexibility index (Phi) is 6.84. The second kappa shape index (κ2) is 9.76. The smallest absolute Gasteiger partial charge is 0.319 e. The van der Waals surface area contributed by atoms with E-state index in [9.17, 15) is 15.0 Å². The van der Waals surface area contributed by atoms with E-state index in [1.165, 1.54) is 0 Å². The van der Waals surface area contributed by atoms with Gasteiger partial charge in [-0.15, -0.1) is 5.10 Å². The van der Waals surface area contributed by atoms with Crippen molar-refractivity contribution in [1.29, 1.82) is 0 Å². The number of aliphatic hydroxyl groups excluding tert-OH is 1. The van der Waals surface area contributed by atoms with Crippen molar-refractivity contribution in [3.63, 3.8) is 0 Å². The number of hydrogen-bond donors (Lipinski definition) is 4. The Bertz CT molecular complexity index is 853. The number of nitrogens with zero attached hydrogens (tertiary/aromatic N) is 3. The molecule has 1 aromatic heterocycles. The number of para-hydroxylation sites is 1. The number of anilines is 1. The molecular weight excluding hydrogens is 398 g/mol. The van der Waals surface area contributed by atoms with Gasteiger partial charge in [0.15, 0.2) is 0 Å². The van der Waals surface area contributed by atoms with Gasteiger partial charge in [-0.1, -0.05) is 36.3 Å². The van der Waals surface area contributed by atoms with Crippen molar-refractivity contribution in [2.45, 2.75) is 75.3 Å². The van der Waals surface area contributed by atoms with Crippen LogP contribution in [-0.4, -0.2) is 56.1 Å². The van der Waals surface area contributed by atoms with E-state index in [4.69, 9.17) is 4.74 Å². The Morgan fingerprint density at radius 2 is 2.00 bits per heavy atom. The van der Waals surface area contributed by atoms with Crippen LogP contribution in [-0.2, 0) is 16.9 Å². The molecule has 4 N–H and O–H groups in total. The lowest BCUT2D eigenvalue weighted by molar-refractivity contribution is -0.0905. The van der Waals surface area contributed by atoms with Crippen LogP contribution in [0.15, 0.2) is 36.5 Å². The van der Waals surface area contributed by atoms with Gasteiger partial charge in [0.2, 0.25) is 0 Å². The van der Waals surface area contributed by atoms with Gasteiger partial charge in [0, 0.05) is 12.2 Å². The zero-order valence-electron chi connectivity index (χ0n) is 17.6. The molecule has 2 aromatic rings. The highest BCUT2D eigenvalue weighted by molar-refractivity contribution is 5.89. The van der Waals surface area contributed by atoms with Gasteiger partial charge < -0.3 is 25.6 Å². The van der Waals surface area contributed by atoms with Crippen LogP contribution in [0.5, 0.6) is 0 Å². The van der Waals surface area contributed by atoms with Crippen molar-refractivity contribution >= 4 is 11.7 Å². The molecule has 0 radical (unpaired) electrons. The van der Waals surface area contributed by atoms with Crippen molar-refractivity contribution in [3.05, 3.63) is 42.2 Å². The third-order valence-electron chi connectivity index (χ3n) is 6.27. The predicted molar refractivity (Wildman–Crippen MR) is 114 cm³/mol. The molecular formula is C22H31N5O4. The average molecular weight is 430 g/mol. The lowest BCUT2D eigenvalue weighted by atomic mass is 9.97. The Balaban J connectivity index is 1.25. The zero-order valence-corrected chi connectivity index (χ0v) is 17.6. The number of urea groups is 1. The first-order valence-corrected chi connectivity index (χ1v) is 11.1. The van der Waals surface area contributed by atoms with Gasteiger partial charge in [-0.3, -0.25) is 4.68 Å². The minimum absolute atomic E-state index is 0.0328. The van der Waals surface area contributed by atoms with E-state index < -0.39 is 11.7 Å². The topological polar surface area (TPSA) is 122 Å². The molecule has 1 aliphatic carbocycles. The summed E-state index contributed by atoms with van der Waals surface area (Å²) in [5.74, 6) is 0. The van der Waals surface area contributed by atoms with Crippen LogP contribution in [0.2, 0.25) is 0 Å². The SMILES string of the molecule is O=C(Nc1ccccc1)N[C@@H]1CC[C@H](CCn2cc(C3(O)CCCC3)nn2)O[C@H]1CO. The first-order valence-electron chi connectivity index (χ1n) is 11.1. The number of carbonyl (C=O) groups excluding carboxylic acids is 1. The van der Waals surface area contributed by atoms with Crippen LogP contribution in [0.4, 0.5) is 10.5 Å².